The predicted octanol–water partition coefficient (Wildman–Crippen LogP) is 1.94. The average Bonchev–Trinajstić information content (AvgIpc) is 3.09. The molecule has 1 amide bonds. The Bertz CT molecular complexity index is 753. The highest BCUT2D eigenvalue weighted by atomic mass is 16.5. The molecule has 2 aromatic rings. The highest BCUT2D eigenvalue weighted by molar-refractivity contribution is 6.00. The minimum absolute atomic E-state index is 0.0550. The Balaban J connectivity index is 1.74. The number of ether oxygens (including phenoxy) is 1. The first-order valence-electron chi connectivity index (χ1n) is 7.58. The lowest BCUT2D eigenvalue weighted by atomic mass is 10.1. The number of carbonyl (C=O) groups excluding carboxylic acids is 2. The number of aryl methyl sites for hydroxylation is 1. The van der Waals surface area contributed by atoms with E-state index >= 15 is 0 Å². The molecule has 1 aliphatic rings. The topological polar surface area (TPSA) is 64.4 Å². The summed E-state index contributed by atoms with van der Waals surface area (Å²) in [5, 5.41) is 3.93. The fourth-order valence-corrected chi connectivity index (χ4v) is 2.90. The summed E-state index contributed by atoms with van der Waals surface area (Å²) < 4.78 is 6.82. The molecule has 2 atom stereocenters. The Morgan fingerprint density at radius 1 is 1.35 bits per heavy atom. The van der Waals surface area contributed by atoms with Crippen molar-refractivity contribution in [2.45, 2.75) is 32.4 Å². The van der Waals surface area contributed by atoms with Gasteiger partial charge in [0.2, 0.25) is 0 Å². The zero-order valence-corrected chi connectivity index (χ0v) is 13.4. The second-order valence-electron chi connectivity index (χ2n) is 5.84. The molecule has 23 heavy (non-hydrogen) atoms. The van der Waals surface area contributed by atoms with Crippen LogP contribution in [0.5, 0.6) is 0 Å². The van der Waals surface area contributed by atoms with E-state index in [-0.39, 0.29) is 11.9 Å². The summed E-state index contributed by atoms with van der Waals surface area (Å²) in [4.78, 5) is 26.5. The quantitative estimate of drug-likeness (QED) is 0.812. The number of amides is 1. The van der Waals surface area contributed by atoms with Crippen LogP contribution < -0.4 is 4.90 Å². The molecule has 1 aromatic heterocycles. The fourth-order valence-electron chi connectivity index (χ4n) is 2.90. The van der Waals surface area contributed by atoms with Crippen molar-refractivity contribution in [1.29, 1.82) is 0 Å². The summed E-state index contributed by atoms with van der Waals surface area (Å²) in [7, 11) is 1.72. The van der Waals surface area contributed by atoms with Crippen molar-refractivity contribution >= 4 is 17.6 Å². The number of rotatable bonds is 3. The number of fused-ring (bicyclic) bond motifs is 1. The number of para-hydroxylation sites is 1. The van der Waals surface area contributed by atoms with Crippen LogP contribution >= 0.6 is 0 Å². The molecule has 0 N–H and O–H groups in total. The van der Waals surface area contributed by atoms with Crippen molar-refractivity contribution < 1.29 is 14.3 Å². The van der Waals surface area contributed by atoms with Crippen molar-refractivity contribution in [2.24, 2.45) is 7.05 Å². The van der Waals surface area contributed by atoms with E-state index in [1.807, 2.05) is 31.2 Å². The summed E-state index contributed by atoms with van der Waals surface area (Å²) in [5.74, 6) is -0.751. The van der Waals surface area contributed by atoms with E-state index in [0.717, 1.165) is 17.7 Å². The molecule has 1 aliphatic heterocycles. The molecule has 0 saturated heterocycles. The van der Waals surface area contributed by atoms with Gasteiger partial charge in [-0.1, -0.05) is 18.2 Å². The van der Waals surface area contributed by atoms with Crippen molar-refractivity contribution in [3.05, 3.63) is 47.8 Å². The molecule has 0 unspecified atom stereocenters. The van der Waals surface area contributed by atoms with E-state index in [1.54, 1.807) is 25.1 Å². The molecule has 6 heteroatoms. The van der Waals surface area contributed by atoms with Gasteiger partial charge in [-0.15, -0.1) is 0 Å². The van der Waals surface area contributed by atoms with E-state index in [0.29, 0.717) is 5.56 Å². The van der Waals surface area contributed by atoms with E-state index in [1.165, 1.54) is 10.9 Å². The highest BCUT2D eigenvalue weighted by Crippen LogP contribution is 2.32. The minimum Gasteiger partial charge on any atom is -0.449 e. The van der Waals surface area contributed by atoms with Gasteiger partial charge < -0.3 is 9.64 Å². The van der Waals surface area contributed by atoms with Gasteiger partial charge in [0.15, 0.2) is 6.10 Å². The summed E-state index contributed by atoms with van der Waals surface area (Å²) in [6, 6.07) is 7.87. The number of aromatic nitrogens is 2. The van der Waals surface area contributed by atoms with Gasteiger partial charge in [-0.25, -0.2) is 4.79 Å². The van der Waals surface area contributed by atoms with Crippen LogP contribution in [0.1, 0.15) is 29.8 Å². The summed E-state index contributed by atoms with van der Waals surface area (Å²) in [6.45, 7) is 3.60. The van der Waals surface area contributed by atoms with Crippen molar-refractivity contribution in [2.75, 3.05) is 4.90 Å². The molecule has 0 bridgehead atoms. The molecule has 1 aromatic carbocycles. The molecule has 120 valence electrons. The van der Waals surface area contributed by atoms with Crippen LogP contribution in [0, 0.1) is 0 Å². The Labute approximate surface area is 134 Å². The van der Waals surface area contributed by atoms with Crippen LogP contribution in [0.2, 0.25) is 0 Å². The number of carbonyl (C=O) groups is 2. The first-order chi connectivity index (χ1) is 11.0. The largest absolute Gasteiger partial charge is 0.449 e. The standard InChI is InChI=1S/C17H19N3O3/c1-11-8-13-6-4-5-7-15(13)20(11)16(21)12(2)23-17(22)14-9-18-19(3)10-14/h4-7,9-12H,8H2,1-3H3/t11-,12-/m0/s1. The van der Waals surface area contributed by atoms with Crippen molar-refractivity contribution in [3.63, 3.8) is 0 Å². The third-order valence-electron chi connectivity index (χ3n) is 4.02. The zero-order valence-electron chi connectivity index (χ0n) is 13.4. The van der Waals surface area contributed by atoms with E-state index in [9.17, 15) is 9.59 Å². The first kappa shape index (κ1) is 15.3. The van der Waals surface area contributed by atoms with Gasteiger partial charge in [0.25, 0.3) is 5.91 Å². The third kappa shape index (κ3) is 2.84. The second-order valence-corrected chi connectivity index (χ2v) is 5.84. The number of benzene rings is 1. The average molecular weight is 313 g/mol. The van der Waals surface area contributed by atoms with Crippen LogP contribution in [0.15, 0.2) is 36.7 Å². The molecule has 0 radical (unpaired) electrons. The maximum Gasteiger partial charge on any atom is 0.342 e. The lowest BCUT2D eigenvalue weighted by Crippen LogP contribution is -2.43. The van der Waals surface area contributed by atoms with E-state index < -0.39 is 12.1 Å². The number of esters is 1. The van der Waals surface area contributed by atoms with Crippen LogP contribution in [0.25, 0.3) is 0 Å². The van der Waals surface area contributed by atoms with E-state index in [4.69, 9.17) is 4.74 Å². The van der Waals surface area contributed by atoms with E-state index in [2.05, 4.69) is 5.10 Å². The van der Waals surface area contributed by atoms with Gasteiger partial charge in [-0.2, -0.15) is 5.10 Å². The maximum absolute atomic E-state index is 12.7. The zero-order chi connectivity index (χ0) is 16.6. The van der Waals surface area contributed by atoms with Crippen molar-refractivity contribution in [1.82, 2.24) is 9.78 Å². The fraction of sp³-hybridized carbons (Fsp3) is 0.353. The predicted molar refractivity (Wildman–Crippen MR) is 85.2 cm³/mol. The summed E-state index contributed by atoms with van der Waals surface area (Å²) in [6.07, 6.45) is 2.95. The smallest absolute Gasteiger partial charge is 0.342 e. The van der Waals surface area contributed by atoms with Gasteiger partial charge in [0.05, 0.1) is 11.8 Å². The molecule has 0 saturated carbocycles. The summed E-state index contributed by atoms with van der Waals surface area (Å²) in [5.41, 5.74) is 2.37. The number of anilines is 1. The molecule has 0 aliphatic carbocycles. The molecule has 0 spiro atoms. The monoisotopic (exact) mass is 313 g/mol. The molecule has 0 fully saturated rings. The Morgan fingerprint density at radius 2 is 2.09 bits per heavy atom. The minimum atomic E-state index is -0.851. The van der Waals surface area contributed by atoms with Crippen LogP contribution in [-0.4, -0.2) is 33.8 Å². The van der Waals surface area contributed by atoms with Gasteiger partial charge >= 0.3 is 5.97 Å². The third-order valence-corrected chi connectivity index (χ3v) is 4.02. The molecule has 3 rings (SSSR count). The van der Waals surface area contributed by atoms with Crippen LogP contribution in [0.4, 0.5) is 5.69 Å². The SMILES string of the molecule is C[C@H](OC(=O)c1cnn(C)c1)C(=O)N1c2ccccc2C[C@@H]1C. The number of nitrogens with zero attached hydrogens (tertiary/aromatic N) is 3. The van der Waals surface area contributed by atoms with Gasteiger partial charge in [-0.05, 0) is 31.9 Å². The van der Waals surface area contributed by atoms with Gasteiger partial charge in [0, 0.05) is 25.0 Å². The molecule has 6 nitrogen and oxygen atoms in total. The van der Waals surface area contributed by atoms with Gasteiger partial charge in [0.1, 0.15) is 0 Å². The first-order valence-corrected chi connectivity index (χ1v) is 7.58. The summed E-state index contributed by atoms with van der Waals surface area (Å²) >= 11 is 0. The highest BCUT2D eigenvalue weighted by Gasteiger charge is 2.34. The Kier molecular flexibility index (Phi) is 3.90. The normalized spacial score (nSPS) is 17.7. The van der Waals surface area contributed by atoms with Crippen LogP contribution in [-0.2, 0) is 23.0 Å². The second kappa shape index (κ2) is 5.87. The maximum atomic E-state index is 12.7. The molecular formula is C17H19N3O3. The number of hydrogen-bond donors (Lipinski definition) is 0. The Hall–Kier alpha value is -2.63. The van der Waals surface area contributed by atoms with Crippen LogP contribution in [0.3, 0.4) is 0 Å². The lowest BCUT2D eigenvalue weighted by molar-refractivity contribution is -0.126. The Morgan fingerprint density at radius 3 is 2.78 bits per heavy atom. The molecule has 2 heterocycles. The number of hydrogen-bond acceptors (Lipinski definition) is 4. The van der Waals surface area contributed by atoms with Crippen molar-refractivity contribution in [3.8, 4) is 0 Å². The molecular weight excluding hydrogens is 294 g/mol. The lowest BCUT2D eigenvalue weighted by Gasteiger charge is -2.25. The van der Waals surface area contributed by atoms with Gasteiger partial charge in [-0.3, -0.25) is 9.48 Å².